The molecule has 0 fully saturated rings. The maximum atomic E-state index is 12.0. The Morgan fingerprint density at radius 2 is 2.11 bits per heavy atom. The van der Waals surface area contributed by atoms with Crippen molar-refractivity contribution in [3.05, 3.63) is 18.3 Å². The van der Waals surface area contributed by atoms with Crippen LogP contribution >= 0.6 is 0 Å². The van der Waals surface area contributed by atoms with E-state index in [0.717, 1.165) is 0 Å². The lowest BCUT2D eigenvalue weighted by Crippen LogP contribution is -2.40. The van der Waals surface area contributed by atoms with Gasteiger partial charge in [0.05, 0.1) is 12.2 Å². The Bertz CT molecular complexity index is 543. The van der Waals surface area contributed by atoms with Gasteiger partial charge in [-0.2, -0.15) is 0 Å². The fourth-order valence-corrected chi connectivity index (χ4v) is 2.51. The van der Waals surface area contributed by atoms with E-state index in [9.17, 15) is 13.2 Å². The van der Waals surface area contributed by atoms with Crippen LogP contribution in [0.3, 0.4) is 0 Å². The van der Waals surface area contributed by atoms with Crippen molar-refractivity contribution in [2.75, 3.05) is 18.9 Å². The molecule has 0 radical (unpaired) electrons. The van der Waals surface area contributed by atoms with Crippen molar-refractivity contribution in [1.29, 1.82) is 0 Å². The van der Waals surface area contributed by atoms with E-state index >= 15 is 0 Å². The minimum Gasteiger partial charge on any atom is -0.386 e. The maximum absolute atomic E-state index is 12.0. The van der Waals surface area contributed by atoms with E-state index in [1.807, 2.05) is 0 Å². The van der Waals surface area contributed by atoms with Crippen LogP contribution in [0.2, 0.25) is 0 Å². The number of pyridine rings is 1. The van der Waals surface area contributed by atoms with Crippen LogP contribution in [0.5, 0.6) is 0 Å². The van der Waals surface area contributed by atoms with Gasteiger partial charge in [0.15, 0.2) is 5.03 Å². The largest absolute Gasteiger partial charge is 0.386 e. The average Bonchev–Trinajstić information content (AvgIpc) is 2.36. The van der Waals surface area contributed by atoms with Gasteiger partial charge >= 0.3 is 0 Å². The molecule has 3 N–H and O–H groups in total. The summed E-state index contributed by atoms with van der Waals surface area (Å²) in [7, 11) is -2.22. The van der Waals surface area contributed by atoms with Gasteiger partial charge in [-0.3, -0.25) is 4.79 Å². The van der Waals surface area contributed by atoms with Gasteiger partial charge < -0.3 is 10.6 Å². The lowest BCUT2D eigenvalue weighted by molar-refractivity contribution is -0.120. The number of aromatic nitrogens is 1. The minimum absolute atomic E-state index is 0.0419. The highest BCUT2D eigenvalue weighted by Gasteiger charge is 2.20. The fourth-order valence-electron chi connectivity index (χ4n) is 1.40. The van der Waals surface area contributed by atoms with Crippen molar-refractivity contribution >= 4 is 21.6 Å². The third-order valence-corrected chi connectivity index (χ3v) is 3.53. The van der Waals surface area contributed by atoms with Gasteiger partial charge in [-0.1, -0.05) is 0 Å². The monoisotopic (exact) mass is 286 g/mol. The van der Waals surface area contributed by atoms with E-state index in [-0.39, 0.29) is 23.5 Å². The van der Waals surface area contributed by atoms with Gasteiger partial charge in [0.2, 0.25) is 5.91 Å². The fraction of sp³-hybridized carbons (Fsp3) is 0.455. The molecule has 0 saturated carbocycles. The molecule has 106 valence electrons. The van der Waals surface area contributed by atoms with Crippen LogP contribution in [0.25, 0.3) is 0 Å². The minimum atomic E-state index is -3.82. The zero-order valence-electron chi connectivity index (χ0n) is 11.1. The van der Waals surface area contributed by atoms with Crippen LogP contribution in [0.1, 0.15) is 13.8 Å². The van der Waals surface area contributed by atoms with Gasteiger partial charge in [0, 0.05) is 19.3 Å². The van der Waals surface area contributed by atoms with E-state index in [1.54, 1.807) is 33.0 Å². The molecular weight excluding hydrogens is 268 g/mol. The van der Waals surface area contributed by atoms with E-state index in [0.29, 0.717) is 5.69 Å². The molecule has 0 aromatic carbocycles. The molecule has 0 atom stereocenters. The normalized spacial score (nSPS) is 11.4. The van der Waals surface area contributed by atoms with E-state index in [1.165, 1.54) is 6.20 Å². The molecule has 1 amide bonds. The molecule has 1 heterocycles. The molecule has 1 aromatic heterocycles. The zero-order chi connectivity index (χ0) is 14.5. The van der Waals surface area contributed by atoms with E-state index < -0.39 is 10.0 Å². The molecule has 1 rings (SSSR count). The van der Waals surface area contributed by atoms with Gasteiger partial charge in [-0.05, 0) is 26.0 Å². The van der Waals surface area contributed by atoms with Crippen LogP contribution in [0, 0.1) is 0 Å². The van der Waals surface area contributed by atoms with Crippen molar-refractivity contribution in [3.8, 4) is 0 Å². The highest BCUT2D eigenvalue weighted by Crippen LogP contribution is 2.16. The lowest BCUT2D eigenvalue weighted by Gasteiger charge is -2.11. The average molecular weight is 286 g/mol. The number of carbonyl (C=O) groups is 1. The first-order valence-electron chi connectivity index (χ1n) is 5.78. The van der Waals surface area contributed by atoms with Crippen molar-refractivity contribution in [2.24, 2.45) is 0 Å². The molecule has 7 nitrogen and oxygen atoms in total. The number of hydrogen-bond acceptors (Lipinski definition) is 5. The predicted octanol–water partition coefficient (Wildman–Crippen LogP) is -0.0738. The van der Waals surface area contributed by atoms with E-state index in [4.69, 9.17) is 0 Å². The van der Waals surface area contributed by atoms with Crippen molar-refractivity contribution in [3.63, 3.8) is 0 Å². The lowest BCUT2D eigenvalue weighted by atomic mass is 10.4. The Balaban J connectivity index is 2.79. The smallest absolute Gasteiger partial charge is 0.260 e. The third kappa shape index (κ3) is 4.49. The Hall–Kier alpha value is -1.67. The van der Waals surface area contributed by atoms with Crippen LogP contribution in [0.15, 0.2) is 23.4 Å². The van der Waals surface area contributed by atoms with Crippen LogP contribution in [-0.4, -0.2) is 38.9 Å². The van der Waals surface area contributed by atoms with Crippen molar-refractivity contribution in [1.82, 2.24) is 15.0 Å². The number of carbonyl (C=O) groups excluding carboxylic acids is 1. The summed E-state index contributed by atoms with van der Waals surface area (Å²) in [5.41, 5.74) is 0.374. The molecule has 0 aliphatic carbocycles. The summed E-state index contributed by atoms with van der Waals surface area (Å²) in [5, 5.41) is 5.20. The predicted molar refractivity (Wildman–Crippen MR) is 72.3 cm³/mol. The second-order valence-electron chi connectivity index (χ2n) is 4.15. The number of hydrogen-bond donors (Lipinski definition) is 3. The first-order valence-corrected chi connectivity index (χ1v) is 7.27. The summed E-state index contributed by atoms with van der Waals surface area (Å²) in [6.07, 6.45) is 1.38. The molecule has 8 heteroatoms. The number of amides is 1. The van der Waals surface area contributed by atoms with Crippen molar-refractivity contribution in [2.45, 2.75) is 24.9 Å². The van der Waals surface area contributed by atoms with Gasteiger partial charge in [-0.25, -0.2) is 18.1 Å². The summed E-state index contributed by atoms with van der Waals surface area (Å²) in [5.74, 6) is -0.388. The quantitative estimate of drug-likeness (QED) is 0.679. The summed E-state index contributed by atoms with van der Waals surface area (Å²) >= 11 is 0. The Morgan fingerprint density at radius 1 is 1.42 bits per heavy atom. The SMILES string of the molecule is CNc1cccnc1S(=O)(=O)NCC(=O)NC(C)C. The molecule has 0 aliphatic rings. The maximum Gasteiger partial charge on any atom is 0.260 e. The molecule has 0 saturated heterocycles. The standard InChI is InChI=1S/C11H18N4O3S/c1-8(2)15-10(16)7-14-19(17,18)11-9(12-3)5-4-6-13-11/h4-6,8,12,14H,7H2,1-3H3,(H,15,16). The summed E-state index contributed by atoms with van der Waals surface area (Å²) in [4.78, 5) is 15.2. The molecule has 1 aromatic rings. The first kappa shape index (κ1) is 15.4. The Labute approximate surface area is 112 Å². The van der Waals surface area contributed by atoms with Gasteiger partial charge in [0.25, 0.3) is 10.0 Å². The van der Waals surface area contributed by atoms with Gasteiger partial charge in [0.1, 0.15) is 0 Å². The second-order valence-corrected chi connectivity index (χ2v) is 5.84. The molecule has 0 aliphatic heterocycles. The number of anilines is 1. The molecule has 0 bridgehead atoms. The number of sulfonamides is 1. The topological polar surface area (TPSA) is 100 Å². The zero-order valence-corrected chi connectivity index (χ0v) is 11.9. The summed E-state index contributed by atoms with van der Waals surface area (Å²) < 4.78 is 26.2. The second kappa shape index (κ2) is 6.48. The highest BCUT2D eigenvalue weighted by molar-refractivity contribution is 7.89. The third-order valence-electron chi connectivity index (χ3n) is 2.17. The van der Waals surface area contributed by atoms with Crippen LogP contribution < -0.4 is 15.4 Å². The van der Waals surface area contributed by atoms with E-state index in [2.05, 4.69) is 20.3 Å². The highest BCUT2D eigenvalue weighted by atomic mass is 32.2. The number of nitrogens with zero attached hydrogens (tertiary/aromatic N) is 1. The number of rotatable bonds is 6. The summed E-state index contributed by atoms with van der Waals surface area (Å²) in [6.45, 7) is 3.27. The van der Waals surface area contributed by atoms with Crippen molar-refractivity contribution < 1.29 is 13.2 Å². The van der Waals surface area contributed by atoms with Crippen LogP contribution in [-0.2, 0) is 14.8 Å². The van der Waals surface area contributed by atoms with Crippen LogP contribution in [0.4, 0.5) is 5.69 Å². The summed E-state index contributed by atoms with van der Waals surface area (Å²) in [6, 6.07) is 3.17. The molecule has 0 spiro atoms. The first-order chi connectivity index (χ1) is 8.86. The molecule has 19 heavy (non-hydrogen) atoms. The molecular formula is C11H18N4O3S. The Morgan fingerprint density at radius 3 is 2.68 bits per heavy atom. The Kier molecular flexibility index (Phi) is 5.25. The van der Waals surface area contributed by atoms with Gasteiger partial charge in [-0.15, -0.1) is 0 Å². The molecule has 0 unspecified atom stereocenters. The number of nitrogens with one attached hydrogen (secondary N) is 3.